The second kappa shape index (κ2) is 12.3. The van der Waals surface area contributed by atoms with Gasteiger partial charge in [-0.3, -0.25) is 0 Å². The highest BCUT2D eigenvalue weighted by Gasteiger charge is 2.11. The first-order chi connectivity index (χ1) is 8.22. The first-order valence-electron chi connectivity index (χ1n) is 6.51. The summed E-state index contributed by atoms with van der Waals surface area (Å²) in [5, 5.41) is 3.52. The topological polar surface area (TPSA) is 39.7 Å². The van der Waals surface area contributed by atoms with Crippen LogP contribution >= 0.6 is 0 Å². The first kappa shape index (κ1) is 16.8. The van der Waals surface area contributed by atoms with Crippen molar-refractivity contribution >= 4 is 0 Å². The first-order valence-corrected chi connectivity index (χ1v) is 6.51. The van der Waals surface area contributed by atoms with Gasteiger partial charge in [-0.25, -0.2) is 0 Å². The van der Waals surface area contributed by atoms with Crippen molar-refractivity contribution in [3.8, 4) is 0 Å². The Hall–Kier alpha value is -0.160. The van der Waals surface area contributed by atoms with Crippen LogP contribution in [0, 0.1) is 5.92 Å². The zero-order chi connectivity index (χ0) is 12.9. The van der Waals surface area contributed by atoms with Gasteiger partial charge in [0.05, 0.1) is 19.8 Å². The van der Waals surface area contributed by atoms with Crippen LogP contribution in [0.4, 0.5) is 0 Å². The molecule has 0 bridgehead atoms. The molecule has 0 aliphatic carbocycles. The molecule has 0 radical (unpaired) electrons. The summed E-state index contributed by atoms with van der Waals surface area (Å²) in [6, 6.07) is 0.453. The van der Waals surface area contributed by atoms with Crippen LogP contribution in [0.1, 0.15) is 26.7 Å². The SMILES string of the molecule is COCCOCCCCNC(COC)C(C)C. The Morgan fingerprint density at radius 2 is 1.71 bits per heavy atom. The van der Waals surface area contributed by atoms with Gasteiger partial charge in [0.15, 0.2) is 0 Å². The molecule has 17 heavy (non-hydrogen) atoms. The molecular weight excluding hydrogens is 218 g/mol. The van der Waals surface area contributed by atoms with Crippen molar-refractivity contribution in [3.05, 3.63) is 0 Å². The fourth-order valence-corrected chi connectivity index (χ4v) is 1.53. The molecular formula is C13H29NO3. The third kappa shape index (κ3) is 10.7. The average Bonchev–Trinajstić information content (AvgIpc) is 2.31. The van der Waals surface area contributed by atoms with Crippen molar-refractivity contribution in [3.63, 3.8) is 0 Å². The van der Waals surface area contributed by atoms with E-state index in [2.05, 4.69) is 19.2 Å². The number of hydrogen-bond donors (Lipinski definition) is 1. The van der Waals surface area contributed by atoms with Gasteiger partial charge < -0.3 is 19.5 Å². The number of methoxy groups -OCH3 is 2. The Balaban J connectivity index is 3.30. The second-order valence-electron chi connectivity index (χ2n) is 4.57. The predicted molar refractivity (Wildman–Crippen MR) is 70.4 cm³/mol. The molecule has 0 fully saturated rings. The maximum Gasteiger partial charge on any atom is 0.0700 e. The van der Waals surface area contributed by atoms with E-state index in [4.69, 9.17) is 14.2 Å². The standard InChI is InChI=1S/C13H29NO3/c1-12(2)13(11-16-4)14-7-5-6-8-17-10-9-15-3/h12-14H,5-11H2,1-4H3. The number of ether oxygens (including phenoxy) is 3. The van der Waals surface area contributed by atoms with Gasteiger partial charge in [-0.1, -0.05) is 13.8 Å². The Morgan fingerprint density at radius 1 is 0.941 bits per heavy atom. The Morgan fingerprint density at radius 3 is 2.29 bits per heavy atom. The third-order valence-corrected chi connectivity index (χ3v) is 2.70. The normalized spacial score (nSPS) is 13.2. The highest BCUT2D eigenvalue weighted by molar-refractivity contribution is 4.69. The minimum Gasteiger partial charge on any atom is -0.383 e. The van der Waals surface area contributed by atoms with E-state index in [-0.39, 0.29) is 0 Å². The van der Waals surface area contributed by atoms with Gasteiger partial charge in [0, 0.05) is 26.9 Å². The maximum atomic E-state index is 5.40. The van der Waals surface area contributed by atoms with Gasteiger partial charge in [-0.15, -0.1) is 0 Å². The molecule has 0 saturated heterocycles. The molecule has 0 aliphatic heterocycles. The number of nitrogens with one attached hydrogen (secondary N) is 1. The van der Waals surface area contributed by atoms with Crippen LogP contribution < -0.4 is 5.32 Å². The summed E-state index contributed by atoms with van der Waals surface area (Å²) in [4.78, 5) is 0. The monoisotopic (exact) mass is 247 g/mol. The van der Waals surface area contributed by atoms with Crippen LogP contribution in [0.3, 0.4) is 0 Å². The summed E-state index contributed by atoms with van der Waals surface area (Å²) in [6.07, 6.45) is 2.23. The van der Waals surface area contributed by atoms with Crippen molar-refractivity contribution in [2.24, 2.45) is 5.92 Å². The van der Waals surface area contributed by atoms with E-state index in [0.717, 1.165) is 32.6 Å². The fraction of sp³-hybridized carbons (Fsp3) is 1.00. The Bertz CT molecular complexity index is 154. The van der Waals surface area contributed by atoms with Crippen LogP contribution in [0.15, 0.2) is 0 Å². The van der Waals surface area contributed by atoms with Crippen molar-refractivity contribution in [1.29, 1.82) is 0 Å². The predicted octanol–water partition coefficient (Wildman–Crippen LogP) is 1.69. The lowest BCUT2D eigenvalue weighted by Crippen LogP contribution is -2.38. The second-order valence-corrected chi connectivity index (χ2v) is 4.57. The molecule has 4 heteroatoms. The summed E-state index contributed by atoms with van der Waals surface area (Å²) in [5.74, 6) is 0.605. The molecule has 0 aliphatic rings. The van der Waals surface area contributed by atoms with E-state index in [0.29, 0.717) is 25.2 Å². The van der Waals surface area contributed by atoms with Gasteiger partial charge in [-0.2, -0.15) is 0 Å². The zero-order valence-electron chi connectivity index (χ0n) is 11.8. The van der Waals surface area contributed by atoms with Crippen molar-refractivity contribution in [2.45, 2.75) is 32.7 Å². The van der Waals surface area contributed by atoms with Gasteiger partial charge in [0.1, 0.15) is 0 Å². The van der Waals surface area contributed by atoms with Crippen LogP contribution in [0.5, 0.6) is 0 Å². The molecule has 0 aromatic rings. The minimum absolute atomic E-state index is 0.453. The van der Waals surface area contributed by atoms with Crippen molar-refractivity contribution in [2.75, 3.05) is 47.2 Å². The number of rotatable bonds is 12. The third-order valence-electron chi connectivity index (χ3n) is 2.70. The van der Waals surface area contributed by atoms with E-state index in [9.17, 15) is 0 Å². The van der Waals surface area contributed by atoms with Gasteiger partial charge in [-0.05, 0) is 25.3 Å². The van der Waals surface area contributed by atoms with Crippen molar-refractivity contribution in [1.82, 2.24) is 5.32 Å². The smallest absolute Gasteiger partial charge is 0.0700 e. The molecule has 0 saturated carbocycles. The molecule has 0 spiro atoms. The largest absolute Gasteiger partial charge is 0.383 e. The van der Waals surface area contributed by atoms with Gasteiger partial charge in [0.2, 0.25) is 0 Å². The summed E-state index contributed by atoms with van der Waals surface area (Å²) < 4.78 is 15.5. The minimum atomic E-state index is 0.453. The lowest BCUT2D eigenvalue weighted by Gasteiger charge is -2.21. The Kier molecular flexibility index (Phi) is 12.2. The van der Waals surface area contributed by atoms with Gasteiger partial charge in [0.25, 0.3) is 0 Å². The summed E-state index contributed by atoms with van der Waals surface area (Å²) in [6.45, 7) is 8.43. The molecule has 0 amide bonds. The summed E-state index contributed by atoms with van der Waals surface area (Å²) in [7, 11) is 3.44. The van der Waals surface area contributed by atoms with Crippen LogP contribution in [0.2, 0.25) is 0 Å². The molecule has 0 aromatic carbocycles. The lowest BCUT2D eigenvalue weighted by molar-refractivity contribution is 0.0685. The molecule has 1 atom stereocenters. The quantitative estimate of drug-likeness (QED) is 0.533. The molecule has 0 heterocycles. The van der Waals surface area contributed by atoms with E-state index in [1.54, 1.807) is 14.2 Å². The van der Waals surface area contributed by atoms with Gasteiger partial charge >= 0.3 is 0 Å². The Labute approximate surface area is 106 Å². The van der Waals surface area contributed by atoms with Crippen LogP contribution in [-0.4, -0.2) is 53.2 Å². The van der Waals surface area contributed by atoms with E-state index in [1.807, 2.05) is 0 Å². The fourth-order valence-electron chi connectivity index (χ4n) is 1.53. The molecule has 104 valence electrons. The molecule has 1 unspecified atom stereocenters. The maximum absolute atomic E-state index is 5.40. The average molecular weight is 247 g/mol. The van der Waals surface area contributed by atoms with E-state index in [1.165, 1.54) is 0 Å². The zero-order valence-corrected chi connectivity index (χ0v) is 11.8. The molecule has 0 rings (SSSR count). The van der Waals surface area contributed by atoms with E-state index >= 15 is 0 Å². The van der Waals surface area contributed by atoms with Crippen molar-refractivity contribution < 1.29 is 14.2 Å². The van der Waals surface area contributed by atoms with E-state index < -0.39 is 0 Å². The molecule has 1 N–H and O–H groups in total. The van der Waals surface area contributed by atoms with Crippen LogP contribution in [-0.2, 0) is 14.2 Å². The summed E-state index contributed by atoms with van der Waals surface area (Å²) >= 11 is 0. The summed E-state index contributed by atoms with van der Waals surface area (Å²) in [5.41, 5.74) is 0. The highest BCUT2D eigenvalue weighted by atomic mass is 16.5. The number of unbranched alkanes of at least 4 members (excludes halogenated alkanes) is 1. The lowest BCUT2D eigenvalue weighted by atomic mass is 10.1. The number of hydrogen-bond acceptors (Lipinski definition) is 4. The molecule has 4 nitrogen and oxygen atoms in total. The van der Waals surface area contributed by atoms with Crippen LogP contribution in [0.25, 0.3) is 0 Å². The molecule has 0 aromatic heterocycles. The highest BCUT2D eigenvalue weighted by Crippen LogP contribution is 2.02.